The zero-order chi connectivity index (χ0) is 11.5. The molecule has 0 radical (unpaired) electrons. The quantitative estimate of drug-likeness (QED) is 0.695. The van der Waals surface area contributed by atoms with Crippen molar-refractivity contribution in [2.45, 2.75) is 26.2 Å². The van der Waals surface area contributed by atoms with Crippen LogP contribution in [-0.2, 0) is 17.6 Å². The highest BCUT2D eigenvalue weighted by atomic mass is 16.2. The van der Waals surface area contributed by atoms with E-state index in [4.69, 9.17) is 0 Å². The predicted octanol–water partition coefficient (Wildman–Crippen LogP) is 2.71. The Morgan fingerprint density at radius 3 is 3.06 bits per heavy atom. The molecule has 2 heteroatoms. The average molecular weight is 215 g/mol. The number of hydrogen-bond donors (Lipinski definition) is 0. The van der Waals surface area contributed by atoms with Crippen LogP contribution >= 0.6 is 0 Å². The van der Waals surface area contributed by atoms with Crippen LogP contribution in [0.3, 0.4) is 0 Å². The lowest BCUT2D eigenvalue weighted by Gasteiger charge is -2.28. The van der Waals surface area contributed by atoms with E-state index >= 15 is 0 Å². The van der Waals surface area contributed by atoms with Gasteiger partial charge in [-0.05, 0) is 36.5 Å². The Bertz CT molecular complexity index is 423. The summed E-state index contributed by atoms with van der Waals surface area (Å²) in [5.41, 5.74) is 3.66. The fourth-order valence-electron chi connectivity index (χ4n) is 2.27. The van der Waals surface area contributed by atoms with E-state index in [2.05, 4.69) is 24.8 Å². The van der Waals surface area contributed by atoms with Gasteiger partial charge in [0, 0.05) is 19.2 Å². The van der Waals surface area contributed by atoms with Gasteiger partial charge < -0.3 is 4.90 Å². The molecule has 1 aliphatic heterocycles. The third kappa shape index (κ3) is 2.01. The van der Waals surface area contributed by atoms with Gasteiger partial charge in [-0.25, -0.2) is 0 Å². The zero-order valence-corrected chi connectivity index (χ0v) is 9.70. The molecule has 0 saturated heterocycles. The summed E-state index contributed by atoms with van der Waals surface area (Å²) in [6.07, 6.45) is 4.94. The van der Waals surface area contributed by atoms with Crippen LogP contribution in [0.5, 0.6) is 0 Å². The highest BCUT2D eigenvalue weighted by Crippen LogP contribution is 2.28. The Labute approximate surface area is 96.6 Å². The van der Waals surface area contributed by atoms with Crippen molar-refractivity contribution in [3.05, 3.63) is 42.0 Å². The summed E-state index contributed by atoms with van der Waals surface area (Å²) in [5, 5.41) is 0. The minimum Gasteiger partial charge on any atom is -0.312 e. The molecule has 0 saturated carbocycles. The monoisotopic (exact) mass is 215 g/mol. The van der Waals surface area contributed by atoms with Crippen LogP contribution in [0.15, 0.2) is 30.9 Å². The van der Waals surface area contributed by atoms with Crippen LogP contribution in [0, 0.1) is 0 Å². The molecule has 2 nitrogen and oxygen atoms in total. The van der Waals surface area contributed by atoms with Gasteiger partial charge in [0.2, 0.25) is 5.91 Å². The van der Waals surface area contributed by atoms with Gasteiger partial charge in [-0.2, -0.15) is 0 Å². The normalized spacial score (nSPS) is 14.4. The Morgan fingerprint density at radius 2 is 2.38 bits per heavy atom. The lowest BCUT2D eigenvalue weighted by atomic mass is 9.98. The first-order chi connectivity index (χ1) is 7.72. The number of allylic oxidation sites excluding steroid dienone is 1. The van der Waals surface area contributed by atoms with Gasteiger partial charge in [0.25, 0.3) is 0 Å². The van der Waals surface area contributed by atoms with Crippen LogP contribution < -0.4 is 4.90 Å². The van der Waals surface area contributed by atoms with Crippen LogP contribution in [0.25, 0.3) is 0 Å². The molecule has 1 heterocycles. The van der Waals surface area contributed by atoms with Crippen molar-refractivity contribution in [1.29, 1.82) is 0 Å². The molecule has 1 amide bonds. The van der Waals surface area contributed by atoms with E-state index in [1.807, 2.05) is 11.0 Å². The smallest absolute Gasteiger partial charge is 0.223 e. The van der Waals surface area contributed by atoms with E-state index < -0.39 is 0 Å². The molecular formula is C14H17NO. The van der Waals surface area contributed by atoms with Crippen molar-refractivity contribution in [2.24, 2.45) is 0 Å². The molecule has 16 heavy (non-hydrogen) atoms. The molecule has 0 aromatic heterocycles. The second kappa shape index (κ2) is 4.52. The van der Waals surface area contributed by atoms with Crippen LogP contribution in [-0.4, -0.2) is 12.5 Å². The second-order valence-corrected chi connectivity index (χ2v) is 4.23. The first kappa shape index (κ1) is 10.9. The van der Waals surface area contributed by atoms with Crippen molar-refractivity contribution < 1.29 is 4.79 Å². The van der Waals surface area contributed by atoms with E-state index in [-0.39, 0.29) is 5.91 Å². The number of carbonyl (C=O) groups is 1. The SMILES string of the molecule is C=CCc1ccc2c(c1)CCCN2C(C)=O. The Morgan fingerprint density at radius 1 is 1.56 bits per heavy atom. The molecule has 0 N–H and O–H groups in total. The molecule has 0 atom stereocenters. The molecule has 0 unspecified atom stereocenters. The van der Waals surface area contributed by atoms with E-state index in [0.29, 0.717) is 0 Å². The lowest BCUT2D eigenvalue weighted by Crippen LogP contribution is -2.33. The molecule has 0 aliphatic carbocycles. The predicted molar refractivity (Wildman–Crippen MR) is 66.7 cm³/mol. The molecule has 0 fully saturated rings. The van der Waals surface area contributed by atoms with Gasteiger partial charge in [0.15, 0.2) is 0 Å². The minimum atomic E-state index is 0.137. The first-order valence-corrected chi connectivity index (χ1v) is 5.73. The molecule has 2 rings (SSSR count). The topological polar surface area (TPSA) is 20.3 Å². The fraction of sp³-hybridized carbons (Fsp3) is 0.357. The third-order valence-electron chi connectivity index (χ3n) is 3.02. The highest BCUT2D eigenvalue weighted by molar-refractivity contribution is 5.92. The highest BCUT2D eigenvalue weighted by Gasteiger charge is 2.19. The van der Waals surface area contributed by atoms with Crippen LogP contribution in [0.2, 0.25) is 0 Å². The van der Waals surface area contributed by atoms with Gasteiger partial charge in [-0.15, -0.1) is 6.58 Å². The van der Waals surface area contributed by atoms with E-state index in [1.165, 1.54) is 11.1 Å². The Hall–Kier alpha value is -1.57. The maximum absolute atomic E-state index is 11.5. The maximum Gasteiger partial charge on any atom is 0.223 e. The summed E-state index contributed by atoms with van der Waals surface area (Å²) in [6.45, 7) is 6.23. The minimum absolute atomic E-state index is 0.137. The largest absolute Gasteiger partial charge is 0.312 e. The van der Waals surface area contributed by atoms with Gasteiger partial charge in [-0.1, -0.05) is 18.2 Å². The van der Waals surface area contributed by atoms with E-state index in [0.717, 1.165) is 31.5 Å². The second-order valence-electron chi connectivity index (χ2n) is 4.23. The van der Waals surface area contributed by atoms with Crippen molar-refractivity contribution in [3.8, 4) is 0 Å². The summed E-state index contributed by atoms with van der Waals surface area (Å²) in [4.78, 5) is 13.4. The summed E-state index contributed by atoms with van der Waals surface area (Å²) in [5.74, 6) is 0.137. The number of amides is 1. The third-order valence-corrected chi connectivity index (χ3v) is 3.02. The number of anilines is 1. The Balaban J connectivity index is 2.36. The number of fused-ring (bicyclic) bond motifs is 1. The zero-order valence-electron chi connectivity index (χ0n) is 9.70. The summed E-state index contributed by atoms with van der Waals surface area (Å²) < 4.78 is 0. The molecule has 84 valence electrons. The van der Waals surface area contributed by atoms with Crippen LogP contribution in [0.1, 0.15) is 24.5 Å². The van der Waals surface area contributed by atoms with Gasteiger partial charge >= 0.3 is 0 Å². The number of rotatable bonds is 2. The van der Waals surface area contributed by atoms with Gasteiger partial charge in [0.1, 0.15) is 0 Å². The number of hydrogen-bond acceptors (Lipinski definition) is 1. The number of carbonyl (C=O) groups excluding carboxylic acids is 1. The summed E-state index contributed by atoms with van der Waals surface area (Å²) in [6, 6.07) is 6.35. The molecule has 1 aromatic rings. The number of aryl methyl sites for hydroxylation is 1. The van der Waals surface area contributed by atoms with Crippen molar-refractivity contribution in [3.63, 3.8) is 0 Å². The van der Waals surface area contributed by atoms with Crippen molar-refractivity contribution in [1.82, 2.24) is 0 Å². The fourth-order valence-corrected chi connectivity index (χ4v) is 2.27. The number of nitrogens with zero attached hydrogens (tertiary/aromatic N) is 1. The molecular weight excluding hydrogens is 198 g/mol. The van der Waals surface area contributed by atoms with Crippen LogP contribution in [0.4, 0.5) is 5.69 Å². The van der Waals surface area contributed by atoms with Crippen molar-refractivity contribution in [2.75, 3.05) is 11.4 Å². The maximum atomic E-state index is 11.5. The van der Waals surface area contributed by atoms with Gasteiger partial charge in [0.05, 0.1) is 0 Å². The summed E-state index contributed by atoms with van der Waals surface area (Å²) >= 11 is 0. The molecule has 0 bridgehead atoms. The molecule has 1 aromatic carbocycles. The Kier molecular flexibility index (Phi) is 3.09. The van der Waals surface area contributed by atoms with Gasteiger partial charge in [-0.3, -0.25) is 4.79 Å². The van der Waals surface area contributed by atoms with E-state index in [1.54, 1.807) is 6.92 Å². The van der Waals surface area contributed by atoms with Crippen molar-refractivity contribution >= 4 is 11.6 Å². The standard InChI is InChI=1S/C14H17NO/c1-3-5-12-7-8-14-13(10-12)6-4-9-15(14)11(2)16/h3,7-8,10H,1,4-6,9H2,2H3. The van der Waals surface area contributed by atoms with E-state index in [9.17, 15) is 4.79 Å². The first-order valence-electron chi connectivity index (χ1n) is 5.73. The average Bonchev–Trinajstić information content (AvgIpc) is 2.28. The molecule has 1 aliphatic rings. The molecule has 0 spiro atoms. The summed E-state index contributed by atoms with van der Waals surface area (Å²) in [7, 11) is 0. The lowest BCUT2D eigenvalue weighted by molar-refractivity contribution is -0.116. The number of benzene rings is 1.